The molecule has 1 saturated heterocycles. The van der Waals surface area contributed by atoms with Crippen molar-refractivity contribution in [3.63, 3.8) is 0 Å². The largest absolute Gasteiger partial charge is 0.367 e. The Morgan fingerprint density at radius 3 is 2.59 bits per heavy atom. The van der Waals surface area contributed by atoms with E-state index in [0.29, 0.717) is 31.9 Å². The number of fused-ring (bicyclic) bond motifs is 1. The first kappa shape index (κ1) is 20.2. The van der Waals surface area contributed by atoms with Gasteiger partial charge in [0.2, 0.25) is 10.0 Å². The molecular weight excluding hydrogens is 364 g/mol. The summed E-state index contributed by atoms with van der Waals surface area (Å²) in [6.07, 6.45) is 0.581. The molecule has 3 N–H and O–H groups in total. The fraction of sp³-hybridized carbons (Fsp3) is 0.500. The molecule has 3 atom stereocenters. The number of hydrogen-bond acceptors (Lipinski definition) is 5. The van der Waals surface area contributed by atoms with Crippen LogP contribution in [0.5, 0.6) is 0 Å². The number of nitrogens with one attached hydrogen (secondary N) is 2. The molecule has 3 rings (SSSR count). The van der Waals surface area contributed by atoms with E-state index in [1.807, 2.05) is 30.3 Å². The molecule has 1 unspecified atom stereocenters. The fourth-order valence-corrected chi connectivity index (χ4v) is 4.72. The zero-order valence-electron chi connectivity index (χ0n) is 15.8. The van der Waals surface area contributed by atoms with Crippen LogP contribution >= 0.6 is 0 Å². The average Bonchev–Trinajstić information content (AvgIpc) is 3.03. The normalized spacial score (nSPS) is 21.8. The average molecular weight is 393 g/mol. The molecule has 0 aromatic heterocycles. The molecule has 1 heterocycles. The third-order valence-corrected chi connectivity index (χ3v) is 6.32. The van der Waals surface area contributed by atoms with Gasteiger partial charge in [0.1, 0.15) is 0 Å². The zero-order chi connectivity index (χ0) is 19.4. The number of hydrogen-bond donors (Lipinski definition) is 3. The number of aliphatic hydroxyl groups excluding tert-OH is 1. The molecule has 1 fully saturated rings. The maximum atomic E-state index is 12.9. The van der Waals surface area contributed by atoms with Crippen LogP contribution in [0.4, 0.5) is 0 Å². The first-order chi connectivity index (χ1) is 12.8. The molecule has 7 heteroatoms. The first-order valence-electron chi connectivity index (χ1n) is 9.39. The Morgan fingerprint density at radius 2 is 1.93 bits per heavy atom. The van der Waals surface area contributed by atoms with Gasteiger partial charge < -0.3 is 15.2 Å². The van der Waals surface area contributed by atoms with Gasteiger partial charge in [-0.05, 0) is 41.7 Å². The Morgan fingerprint density at radius 1 is 1.19 bits per heavy atom. The quantitative estimate of drug-likeness (QED) is 0.641. The van der Waals surface area contributed by atoms with E-state index >= 15 is 0 Å². The van der Waals surface area contributed by atoms with Crippen LogP contribution < -0.4 is 10.0 Å². The molecule has 0 amide bonds. The third kappa shape index (κ3) is 5.27. The van der Waals surface area contributed by atoms with E-state index in [4.69, 9.17) is 4.74 Å². The second-order valence-corrected chi connectivity index (χ2v) is 9.24. The van der Waals surface area contributed by atoms with E-state index in [2.05, 4.69) is 23.9 Å². The van der Waals surface area contributed by atoms with Crippen molar-refractivity contribution >= 4 is 20.8 Å². The number of ether oxygens (including phenoxy) is 1. The van der Waals surface area contributed by atoms with Crippen LogP contribution in [0.1, 0.15) is 26.7 Å². The lowest BCUT2D eigenvalue weighted by molar-refractivity contribution is -0.0718. The molecule has 6 nitrogen and oxygen atoms in total. The maximum Gasteiger partial charge on any atom is 0.240 e. The lowest BCUT2D eigenvalue weighted by Crippen LogP contribution is -2.47. The summed E-state index contributed by atoms with van der Waals surface area (Å²) in [7, 11) is -3.64. The van der Waals surface area contributed by atoms with Crippen molar-refractivity contribution in [1.29, 1.82) is 0 Å². The molecule has 2 aromatic rings. The minimum atomic E-state index is -3.64. The van der Waals surface area contributed by atoms with Gasteiger partial charge in [0, 0.05) is 12.6 Å². The van der Waals surface area contributed by atoms with Crippen molar-refractivity contribution in [3.8, 4) is 0 Å². The predicted molar refractivity (Wildman–Crippen MR) is 106 cm³/mol. The Hall–Kier alpha value is -1.51. The lowest BCUT2D eigenvalue weighted by atomic mass is 10.0. The molecule has 0 radical (unpaired) electrons. The Balaban J connectivity index is 1.73. The minimum absolute atomic E-state index is 0.162. The van der Waals surface area contributed by atoms with Gasteiger partial charge in [-0.15, -0.1) is 0 Å². The summed E-state index contributed by atoms with van der Waals surface area (Å²) in [5.41, 5.74) is 0. The number of sulfonamides is 1. The second-order valence-electron chi connectivity index (χ2n) is 7.52. The number of aliphatic hydroxyl groups is 1. The Labute approximate surface area is 161 Å². The molecule has 148 valence electrons. The van der Waals surface area contributed by atoms with Gasteiger partial charge in [-0.3, -0.25) is 0 Å². The topological polar surface area (TPSA) is 87.7 Å². The molecule has 1 aliphatic heterocycles. The van der Waals surface area contributed by atoms with Crippen molar-refractivity contribution < 1.29 is 18.3 Å². The molecule has 1 aliphatic rings. The van der Waals surface area contributed by atoms with E-state index in [0.717, 1.165) is 10.8 Å². The number of benzene rings is 2. The van der Waals surface area contributed by atoms with Crippen molar-refractivity contribution in [1.82, 2.24) is 10.0 Å². The summed E-state index contributed by atoms with van der Waals surface area (Å²) in [6, 6.07) is 12.4. The molecule has 27 heavy (non-hydrogen) atoms. The summed E-state index contributed by atoms with van der Waals surface area (Å²) in [4.78, 5) is 0.263. The van der Waals surface area contributed by atoms with Crippen molar-refractivity contribution in [2.24, 2.45) is 5.92 Å². The van der Waals surface area contributed by atoms with Crippen LogP contribution in [-0.4, -0.2) is 45.0 Å². The molecular formula is C20H28N2O4S. The summed E-state index contributed by atoms with van der Waals surface area (Å²) in [5, 5.41) is 14.9. The lowest BCUT2D eigenvalue weighted by Gasteiger charge is -2.24. The van der Waals surface area contributed by atoms with Crippen LogP contribution in [0.15, 0.2) is 47.4 Å². The van der Waals surface area contributed by atoms with Crippen LogP contribution in [-0.2, 0) is 14.8 Å². The van der Waals surface area contributed by atoms with Gasteiger partial charge in [-0.25, -0.2) is 13.1 Å². The van der Waals surface area contributed by atoms with Gasteiger partial charge in [0.25, 0.3) is 0 Å². The highest BCUT2D eigenvalue weighted by Crippen LogP contribution is 2.20. The molecule has 0 bridgehead atoms. The van der Waals surface area contributed by atoms with E-state index in [1.54, 1.807) is 12.1 Å². The molecule has 0 spiro atoms. The van der Waals surface area contributed by atoms with Crippen LogP contribution in [0, 0.1) is 5.92 Å². The highest BCUT2D eigenvalue weighted by atomic mass is 32.2. The van der Waals surface area contributed by atoms with Crippen LogP contribution in [0.25, 0.3) is 10.8 Å². The minimum Gasteiger partial charge on any atom is -0.367 e. The standard InChI is InChI=1S/C20H28N2O4S/c1-14(2)11-17(13-21-19-9-10-26-20(19)23)22-27(24,25)18-8-7-15-5-3-4-6-16(15)12-18/h3-8,12,14,17,19-23H,9-11,13H2,1-2H3/t17-,19+,20?/m1/s1. The van der Waals surface area contributed by atoms with Crippen molar-refractivity contribution in [2.75, 3.05) is 13.2 Å². The smallest absolute Gasteiger partial charge is 0.240 e. The summed E-state index contributed by atoms with van der Waals surface area (Å²) in [6.45, 7) is 5.07. The summed E-state index contributed by atoms with van der Waals surface area (Å²) >= 11 is 0. The van der Waals surface area contributed by atoms with Crippen molar-refractivity contribution in [3.05, 3.63) is 42.5 Å². The van der Waals surface area contributed by atoms with E-state index in [1.165, 1.54) is 0 Å². The van der Waals surface area contributed by atoms with Gasteiger partial charge in [-0.2, -0.15) is 0 Å². The van der Waals surface area contributed by atoms with E-state index < -0.39 is 16.3 Å². The molecule has 0 aliphatic carbocycles. The van der Waals surface area contributed by atoms with Crippen LogP contribution in [0.3, 0.4) is 0 Å². The zero-order valence-corrected chi connectivity index (χ0v) is 16.6. The Bertz CT molecular complexity index is 869. The number of rotatable bonds is 8. The van der Waals surface area contributed by atoms with Gasteiger partial charge in [-0.1, -0.05) is 44.2 Å². The predicted octanol–water partition coefficient (Wildman–Crippen LogP) is 2.23. The van der Waals surface area contributed by atoms with Gasteiger partial charge >= 0.3 is 0 Å². The van der Waals surface area contributed by atoms with Gasteiger partial charge in [0.15, 0.2) is 6.29 Å². The van der Waals surface area contributed by atoms with E-state index in [9.17, 15) is 13.5 Å². The maximum absolute atomic E-state index is 12.9. The first-order valence-corrected chi connectivity index (χ1v) is 10.9. The summed E-state index contributed by atoms with van der Waals surface area (Å²) < 4.78 is 33.8. The highest BCUT2D eigenvalue weighted by Gasteiger charge is 2.28. The van der Waals surface area contributed by atoms with Gasteiger partial charge in [0.05, 0.1) is 17.5 Å². The van der Waals surface area contributed by atoms with E-state index in [-0.39, 0.29) is 17.0 Å². The third-order valence-electron chi connectivity index (χ3n) is 4.80. The van der Waals surface area contributed by atoms with Crippen molar-refractivity contribution in [2.45, 2.75) is 50.0 Å². The monoisotopic (exact) mass is 392 g/mol. The second kappa shape index (κ2) is 8.67. The SMILES string of the molecule is CC(C)C[C@H](CN[C@H]1CCOC1O)NS(=O)(=O)c1ccc2ccccc2c1. The summed E-state index contributed by atoms with van der Waals surface area (Å²) in [5.74, 6) is 0.334. The Kier molecular flexibility index (Phi) is 6.49. The fourth-order valence-electron chi connectivity index (χ4n) is 3.44. The van der Waals surface area contributed by atoms with Crippen LogP contribution in [0.2, 0.25) is 0 Å². The molecule has 0 saturated carbocycles. The highest BCUT2D eigenvalue weighted by molar-refractivity contribution is 7.89. The molecule has 2 aromatic carbocycles.